The number of hydrogen-bond donors (Lipinski definition) is 0. The Hall–Kier alpha value is -1.06. The van der Waals surface area contributed by atoms with Gasteiger partial charge >= 0.3 is 0 Å². The van der Waals surface area contributed by atoms with Crippen molar-refractivity contribution in [2.45, 2.75) is 39.2 Å². The Labute approximate surface area is 124 Å². The zero-order chi connectivity index (χ0) is 13.8. The fourth-order valence-electron chi connectivity index (χ4n) is 1.98. The summed E-state index contributed by atoms with van der Waals surface area (Å²) in [7, 11) is 0. The van der Waals surface area contributed by atoms with Crippen molar-refractivity contribution in [2.24, 2.45) is 0 Å². The van der Waals surface area contributed by atoms with E-state index in [2.05, 4.69) is 48.4 Å². The van der Waals surface area contributed by atoms with Gasteiger partial charge in [-0.15, -0.1) is 22.9 Å². The van der Waals surface area contributed by atoms with Gasteiger partial charge in [0.15, 0.2) is 0 Å². The van der Waals surface area contributed by atoms with E-state index >= 15 is 0 Å². The van der Waals surface area contributed by atoms with Gasteiger partial charge in [-0.1, -0.05) is 12.1 Å². The van der Waals surface area contributed by atoms with Crippen molar-refractivity contribution >= 4 is 28.8 Å². The number of aromatic nitrogens is 1. The van der Waals surface area contributed by atoms with Crippen molar-refractivity contribution in [1.29, 1.82) is 0 Å². The molecule has 0 aliphatic rings. The van der Waals surface area contributed by atoms with E-state index in [-0.39, 0.29) is 0 Å². The van der Waals surface area contributed by atoms with Crippen LogP contribution in [0.5, 0.6) is 0 Å². The summed E-state index contributed by atoms with van der Waals surface area (Å²) in [6.45, 7) is 7.31. The highest BCUT2D eigenvalue weighted by Crippen LogP contribution is 2.22. The first kappa shape index (κ1) is 14.4. The van der Waals surface area contributed by atoms with Crippen molar-refractivity contribution in [3.63, 3.8) is 0 Å². The van der Waals surface area contributed by atoms with Crippen LogP contribution in [0.1, 0.15) is 30.0 Å². The first-order chi connectivity index (χ1) is 9.11. The van der Waals surface area contributed by atoms with Gasteiger partial charge in [0.25, 0.3) is 0 Å². The molecule has 0 spiro atoms. The molecule has 102 valence electrons. The third-order valence-electron chi connectivity index (χ3n) is 3.15. The van der Waals surface area contributed by atoms with E-state index in [9.17, 15) is 0 Å². The van der Waals surface area contributed by atoms with Gasteiger partial charge in [0.05, 0.1) is 6.54 Å². The number of hydrogen-bond acceptors (Lipinski definition) is 3. The predicted molar refractivity (Wildman–Crippen MR) is 84.2 cm³/mol. The second kappa shape index (κ2) is 6.40. The van der Waals surface area contributed by atoms with Crippen molar-refractivity contribution < 1.29 is 0 Å². The zero-order valence-corrected chi connectivity index (χ0v) is 13.1. The van der Waals surface area contributed by atoms with Gasteiger partial charge in [-0.3, -0.25) is 0 Å². The number of thiophene rings is 1. The second-order valence-electron chi connectivity index (χ2n) is 4.85. The molecular weight excluding hydrogens is 276 g/mol. The van der Waals surface area contributed by atoms with Crippen LogP contribution in [0, 0.1) is 6.92 Å². The molecule has 2 rings (SSSR count). The molecule has 0 aliphatic heterocycles. The minimum absolute atomic E-state index is 0.413. The summed E-state index contributed by atoms with van der Waals surface area (Å²) in [6.07, 6.45) is 0. The molecule has 0 atom stereocenters. The van der Waals surface area contributed by atoms with Crippen LogP contribution in [0.15, 0.2) is 29.6 Å². The number of nitrogens with zero attached hydrogens (tertiary/aromatic N) is 2. The average molecular weight is 295 g/mol. The van der Waals surface area contributed by atoms with Crippen LogP contribution < -0.4 is 4.90 Å². The molecule has 2 aromatic heterocycles. The normalized spacial score (nSPS) is 11.0. The molecule has 0 N–H and O–H groups in total. The highest BCUT2D eigenvalue weighted by atomic mass is 35.5. The van der Waals surface area contributed by atoms with Gasteiger partial charge in [-0.25, -0.2) is 4.98 Å². The van der Waals surface area contributed by atoms with E-state index in [4.69, 9.17) is 16.6 Å². The fourth-order valence-corrected chi connectivity index (χ4v) is 2.96. The summed E-state index contributed by atoms with van der Waals surface area (Å²) < 4.78 is 0. The number of alkyl halides is 1. The zero-order valence-electron chi connectivity index (χ0n) is 11.6. The Balaban J connectivity index is 2.26. The molecule has 2 aromatic rings. The van der Waals surface area contributed by atoms with E-state index in [0.717, 1.165) is 23.6 Å². The number of halogens is 1. The first-order valence-corrected chi connectivity index (χ1v) is 7.84. The van der Waals surface area contributed by atoms with Crippen molar-refractivity contribution in [1.82, 2.24) is 4.98 Å². The molecule has 0 radical (unpaired) electrons. The topological polar surface area (TPSA) is 16.1 Å². The highest BCUT2D eigenvalue weighted by Gasteiger charge is 2.14. The molecule has 0 aliphatic carbocycles. The van der Waals surface area contributed by atoms with Crippen LogP contribution in [0.3, 0.4) is 0 Å². The van der Waals surface area contributed by atoms with Crippen LogP contribution in [0.2, 0.25) is 0 Å². The lowest BCUT2D eigenvalue weighted by molar-refractivity contribution is 0.675. The summed E-state index contributed by atoms with van der Waals surface area (Å²) in [5.74, 6) is 1.54. The first-order valence-electron chi connectivity index (χ1n) is 6.43. The van der Waals surface area contributed by atoms with Gasteiger partial charge in [0.2, 0.25) is 0 Å². The highest BCUT2D eigenvalue weighted by molar-refractivity contribution is 7.09. The standard InChI is InChI=1S/C15H19ClN2S/c1-11(2)18(10-14-5-4-8-19-14)15-7-6-13(9-16)12(3)17-15/h4-8,11H,9-10H2,1-3H3. The molecular formula is C15H19ClN2S. The van der Waals surface area contributed by atoms with E-state index in [0.29, 0.717) is 11.9 Å². The molecule has 0 saturated carbocycles. The number of aryl methyl sites for hydroxylation is 1. The molecule has 4 heteroatoms. The summed E-state index contributed by atoms with van der Waals surface area (Å²) in [4.78, 5) is 8.36. The lowest BCUT2D eigenvalue weighted by Crippen LogP contribution is -2.30. The second-order valence-corrected chi connectivity index (χ2v) is 6.15. The molecule has 0 unspecified atom stereocenters. The predicted octanol–water partition coefficient (Wildman–Crippen LogP) is 4.61. The molecule has 0 bridgehead atoms. The summed E-state index contributed by atoms with van der Waals surface area (Å²) >= 11 is 7.67. The Morgan fingerprint density at radius 2 is 2.11 bits per heavy atom. The third kappa shape index (κ3) is 3.48. The minimum Gasteiger partial charge on any atom is -0.349 e. The number of anilines is 1. The molecule has 0 fully saturated rings. The maximum Gasteiger partial charge on any atom is 0.129 e. The average Bonchev–Trinajstić information content (AvgIpc) is 2.88. The lowest BCUT2D eigenvalue weighted by Gasteiger charge is -2.28. The molecule has 19 heavy (non-hydrogen) atoms. The summed E-state index contributed by atoms with van der Waals surface area (Å²) in [5.41, 5.74) is 2.12. The van der Waals surface area contributed by atoms with Crippen LogP contribution in [-0.4, -0.2) is 11.0 Å². The molecule has 0 saturated heterocycles. The van der Waals surface area contributed by atoms with Gasteiger partial charge < -0.3 is 4.90 Å². The SMILES string of the molecule is Cc1nc(N(Cc2cccs2)C(C)C)ccc1CCl. The monoisotopic (exact) mass is 294 g/mol. The smallest absolute Gasteiger partial charge is 0.129 e. The van der Waals surface area contributed by atoms with Gasteiger partial charge in [-0.2, -0.15) is 0 Å². The molecule has 2 heterocycles. The van der Waals surface area contributed by atoms with Gasteiger partial charge in [0, 0.05) is 22.5 Å². The van der Waals surface area contributed by atoms with Crippen molar-refractivity contribution in [3.05, 3.63) is 45.8 Å². The van der Waals surface area contributed by atoms with Crippen molar-refractivity contribution in [2.75, 3.05) is 4.90 Å². The molecule has 0 aromatic carbocycles. The molecule has 2 nitrogen and oxygen atoms in total. The van der Waals surface area contributed by atoms with Crippen molar-refractivity contribution in [3.8, 4) is 0 Å². The molecule has 0 amide bonds. The quantitative estimate of drug-likeness (QED) is 0.749. The Morgan fingerprint density at radius 3 is 2.63 bits per heavy atom. The summed E-state index contributed by atoms with van der Waals surface area (Å²) in [5, 5.41) is 2.11. The number of rotatable bonds is 5. The number of pyridine rings is 1. The Bertz CT molecular complexity index is 523. The third-order valence-corrected chi connectivity index (χ3v) is 4.30. The summed E-state index contributed by atoms with van der Waals surface area (Å²) in [6, 6.07) is 8.82. The maximum absolute atomic E-state index is 5.89. The van der Waals surface area contributed by atoms with Crippen LogP contribution in [0.4, 0.5) is 5.82 Å². The van der Waals surface area contributed by atoms with Gasteiger partial charge in [0.1, 0.15) is 5.82 Å². The maximum atomic E-state index is 5.89. The van der Waals surface area contributed by atoms with E-state index in [1.807, 2.05) is 6.92 Å². The van der Waals surface area contributed by atoms with Crippen LogP contribution >= 0.6 is 22.9 Å². The van der Waals surface area contributed by atoms with Crippen LogP contribution in [-0.2, 0) is 12.4 Å². The minimum atomic E-state index is 0.413. The van der Waals surface area contributed by atoms with E-state index < -0.39 is 0 Å². The fraction of sp³-hybridized carbons (Fsp3) is 0.400. The lowest BCUT2D eigenvalue weighted by atomic mass is 10.2. The van der Waals surface area contributed by atoms with E-state index in [1.54, 1.807) is 11.3 Å². The Kier molecular flexibility index (Phi) is 4.83. The van der Waals surface area contributed by atoms with E-state index in [1.165, 1.54) is 4.88 Å². The van der Waals surface area contributed by atoms with Gasteiger partial charge in [-0.05, 0) is 43.8 Å². The van der Waals surface area contributed by atoms with Crippen LogP contribution in [0.25, 0.3) is 0 Å². The largest absolute Gasteiger partial charge is 0.349 e. The Morgan fingerprint density at radius 1 is 1.32 bits per heavy atom.